The van der Waals surface area contributed by atoms with Gasteiger partial charge in [-0.25, -0.2) is 8.42 Å². The van der Waals surface area contributed by atoms with Crippen molar-refractivity contribution in [3.8, 4) is 0 Å². The summed E-state index contributed by atoms with van der Waals surface area (Å²) in [6, 6.07) is 18.0. The average Bonchev–Trinajstić information content (AvgIpc) is 2.74. The molecule has 6 nitrogen and oxygen atoms in total. The van der Waals surface area contributed by atoms with Gasteiger partial charge in [0.2, 0.25) is 10.0 Å². The molecule has 0 aromatic heterocycles. The van der Waals surface area contributed by atoms with Crippen molar-refractivity contribution in [3.05, 3.63) is 93.5 Å². The summed E-state index contributed by atoms with van der Waals surface area (Å²) in [5.41, 5.74) is 2.31. The van der Waals surface area contributed by atoms with Crippen molar-refractivity contribution in [2.75, 3.05) is 15.9 Å². The Morgan fingerprint density at radius 3 is 2.22 bits per heavy atom. The van der Waals surface area contributed by atoms with E-state index in [-0.39, 0.29) is 34.0 Å². The second kappa shape index (κ2) is 9.73. The van der Waals surface area contributed by atoms with Gasteiger partial charge in [-0.15, -0.1) is 0 Å². The molecule has 0 aliphatic carbocycles. The van der Waals surface area contributed by atoms with Gasteiger partial charge in [-0.05, 0) is 48.9 Å². The van der Waals surface area contributed by atoms with Crippen LogP contribution < -0.4 is 9.62 Å². The normalized spacial score (nSPS) is 11.1. The maximum Gasteiger partial charge on any atom is 0.255 e. The van der Waals surface area contributed by atoms with Crippen LogP contribution in [0.15, 0.2) is 66.7 Å². The molecule has 1 N–H and O–H groups in total. The second-order valence-electron chi connectivity index (χ2n) is 7.13. The first-order chi connectivity index (χ1) is 15.1. The molecule has 0 saturated heterocycles. The van der Waals surface area contributed by atoms with Crippen LogP contribution >= 0.6 is 23.2 Å². The third-order valence-corrected chi connectivity index (χ3v) is 6.60. The number of nitrogens with one attached hydrogen (secondary N) is 1. The van der Waals surface area contributed by atoms with E-state index < -0.39 is 10.0 Å². The molecular formula is C23H20Cl2N2O4S. The Bertz CT molecular complexity index is 1280. The van der Waals surface area contributed by atoms with E-state index in [1.54, 1.807) is 66.7 Å². The lowest BCUT2D eigenvalue weighted by molar-refractivity contribution is 0.101. The SMILES string of the molecule is CC(=O)c1cccc(NC(=O)c2ccc(CN(c3cccc(Cl)c3Cl)S(C)(=O)=O)cc2)c1. The summed E-state index contributed by atoms with van der Waals surface area (Å²) >= 11 is 12.3. The Morgan fingerprint density at radius 2 is 1.59 bits per heavy atom. The van der Waals surface area contributed by atoms with E-state index in [0.29, 0.717) is 22.4 Å². The standard InChI is InChI=1S/C23H20Cl2N2O4S/c1-15(28)18-5-3-6-19(13-18)26-23(29)17-11-9-16(10-12-17)14-27(32(2,30)31)21-8-4-7-20(24)22(21)25/h3-13H,14H2,1-2H3,(H,26,29). The number of carbonyl (C=O) groups is 2. The highest BCUT2D eigenvalue weighted by atomic mass is 35.5. The summed E-state index contributed by atoms with van der Waals surface area (Å²) in [5, 5.41) is 3.14. The van der Waals surface area contributed by atoms with Gasteiger partial charge in [0.25, 0.3) is 5.91 Å². The summed E-state index contributed by atoms with van der Waals surface area (Å²) in [5.74, 6) is -0.448. The molecule has 0 aliphatic heterocycles. The largest absolute Gasteiger partial charge is 0.322 e. The van der Waals surface area contributed by atoms with Crippen molar-refractivity contribution in [1.82, 2.24) is 0 Å². The van der Waals surface area contributed by atoms with Crippen molar-refractivity contribution in [1.29, 1.82) is 0 Å². The summed E-state index contributed by atoms with van der Waals surface area (Å²) in [6.45, 7) is 1.47. The molecule has 0 unspecified atom stereocenters. The van der Waals surface area contributed by atoms with Gasteiger partial charge in [-0.3, -0.25) is 13.9 Å². The summed E-state index contributed by atoms with van der Waals surface area (Å²) < 4.78 is 25.9. The molecule has 9 heteroatoms. The number of nitrogens with zero attached hydrogens (tertiary/aromatic N) is 1. The fraction of sp³-hybridized carbons (Fsp3) is 0.130. The predicted octanol–water partition coefficient (Wildman–Crippen LogP) is 5.41. The van der Waals surface area contributed by atoms with Gasteiger partial charge in [0.1, 0.15) is 0 Å². The van der Waals surface area contributed by atoms with Crippen molar-refractivity contribution >= 4 is 56.3 Å². The Balaban J connectivity index is 1.79. The number of amides is 1. The van der Waals surface area contributed by atoms with E-state index in [4.69, 9.17) is 23.2 Å². The molecule has 32 heavy (non-hydrogen) atoms. The first-order valence-electron chi connectivity index (χ1n) is 9.49. The van der Waals surface area contributed by atoms with E-state index in [0.717, 1.165) is 10.6 Å². The Labute approximate surface area is 196 Å². The number of rotatable bonds is 7. The van der Waals surface area contributed by atoms with E-state index >= 15 is 0 Å². The molecule has 0 heterocycles. The van der Waals surface area contributed by atoms with Crippen molar-refractivity contribution < 1.29 is 18.0 Å². The number of halogens is 2. The zero-order valence-electron chi connectivity index (χ0n) is 17.3. The maximum absolute atomic E-state index is 12.6. The molecule has 0 aliphatic rings. The highest BCUT2D eigenvalue weighted by molar-refractivity contribution is 7.92. The fourth-order valence-corrected chi connectivity index (χ4v) is 4.35. The van der Waals surface area contributed by atoms with Gasteiger partial charge >= 0.3 is 0 Å². The third-order valence-electron chi connectivity index (χ3n) is 4.67. The molecule has 1 amide bonds. The van der Waals surface area contributed by atoms with Crippen LogP contribution in [0.1, 0.15) is 33.2 Å². The third kappa shape index (κ3) is 5.68. The smallest absolute Gasteiger partial charge is 0.255 e. The number of carbonyl (C=O) groups excluding carboxylic acids is 2. The minimum absolute atomic E-state index is 0.0153. The number of Topliss-reactive ketones (excluding diaryl/α,β-unsaturated/α-hetero) is 1. The molecule has 3 aromatic carbocycles. The van der Waals surface area contributed by atoms with Gasteiger partial charge in [-0.2, -0.15) is 0 Å². The van der Waals surface area contributed by atoms with E-state index in [1.807, 2.05) is 0 Å². The molecule has 0 radical (unpaired) electrons. The monoisotopic (exact) mass is 490 g/mol. The first-order valence-corrected chi connectivity index (χ1v) is 12.1. The number of sulfonamides is 1. The quantitative estimate of drug-likeness (QED) is 0.448. The van der Waals surface area contributed by atoms with Crippen LogP contribution in [-0.4, -0.2) is 26.4 Å². The van der Waals surface area contributed by atoms with E-state index in [1.165, 1.54) is 6.92 Å². The van der Waals surface area contributed by atoms with Crippen LogP contribution in [-0.2, 0) is 16.6 Å². The molecule has 0 saturated carbocycles. The lowest BCUT2D eigenvalue weighted by Crippen LogP contribution is -2.29. The number of ketones is 1. The Morgan fingerprint density at radius 1 is 0.938 bits per heavy atom. The minimum Gasteiger partial charge on any atom is -0.322 e. The zero-order valence-corrected chi connectivity index (χ0v) is 19.6. The first kappa shape index (κ1) is 23.8. The summed E-state index contributed by atoms with van der Waals surface area (Å²) in [6.07, 6.45) is 1.08. The van der Waals surface area contributed by atoms with Gasteiger partial charge in [0, 0.05) is 16.8 Å². The topological polar surface area (TPSA) is 83.6 Å². The molecule has 0 bridgehead atoms. The minimum atomic E-state index is -3.65. The van der Waals surface area contributed by atoms with Crippen LogP contribution in [0.3, 0.4) is 0 Å². The molecule has 0 atom stereocenters. The maximum atomic E-state index is 12.6. The molecule has 3 aromatic rings. The summed E-state index contributed by atoms with van der Waals surface area (Å²) in [4.78, 5) is 24.1. The van der Waals surface area contributed by atoms with Crippen molar-refractivity contribution in [2.24, 2.45) is 0 Å². The average molecular weight is 491 g/mol. The van der Waals surface area contributed by atoms with E-state index in [9.17, 15) is 18.0 Å². The zero-order chi connectivity index (χ0) is 23.5. The molecular weight excluding hydrogens is 471 g/mol. The Kier molecular flexibility index (Phi) is 7.23. The van der Waals surface area contributed by atoms with Crippen molar-refractivity contribution in [3.63, 3.8) is 0 Å². The highest BCUT2D eigenvalue weighted by Gasteiger charge is 2.21. The van der Waals surface area contributed by atoms with E-state index in [2.05, 4.69) is 5.32 Å². The number of hydrogen-bond acceptors (Lipinski definition) is 4. The van der Waals surface area contributed by atoms with Gasteiger partial charge in [0.05, 0.1) is 28.5 Å². The number of benzene rings is 3. The molecule has 166 valence electrons. The molecule has 3 rings (SSSR count). The van der Waals surface area contributed by atoms with Crippen LogP contribution in [0.25, 0.3) is 0 Å². The van der Waals surface area contributed by atoms with Crippen LogP contribution in [0, 0.1) is 0 Å². The van der Waals surface area contributed by atoms with Crippen LogP contribution in [0.4, 0.5) is 11.4 Å². The van der Waals surface area contributed by atoms with Crippen LogP contribution in [0.5, 0.6) is 0 Å². The van der Waals surface area contributed by atoms with Crippen molar-refractivity contribution in [2.45, 2.75) is 13.5 Å². The fourth-order valence-electron chi connectivity index (χ4n) is 3.01. The Hall–Kier alpha value is -2.87. The lowest BCUT2D eigenvalue weighted by atomic mass is 10.1. The number of hydrogen-bond donors (Lipinski definition) is 1. The number of anilines is 2. The lowest BCUT2D eigenvalue weighted by Gasteiger charge is -2.24. The van der Waals surface area contributed by atoms with Gasteiger partial charge in [0.15, 0.2) is 5.78 Å². The predicted molar refractivity (Wildman–Crippen MR) is 128 cm³/mol. The summed E-state index contributed by atoms with van der Waals surface area (Å²) in [7, 11) is -3.65. The second-order valence-corrected chi connectivity index (χ2v) is 9.82. The molecule has 0 spiro atoms. The molecule has 0 fully saturated rings. The van der Waals surface area contributed by atoms with Crippen LogP contribution in [0.2, 0.25) is 10.0 Å². The van der Waals surface area contributed by atoms with Gasteiger partial charge < -0.3 is 5.32 Å². The highest BCUT2D eigenvalue weighted by Crippen LogP contribution is 2.34. The van der Waals surface area contributed by atoms with Gasteiger partial charge in [-0.1, -0.05) is 53.5 Å².